The summed E-state index contributed by atoms with van der Waals surface area (Å²) in [6.45, 7) is 5.74. The van der Waals surface area contributed by atoms with Crippen molar-refractivity contribution in [2.24, 2.45) is 11.0 Å². The smallest absolute Gasteiger partial charge is 0.262 e. The van der Waals surface area contributed by atoms with E-state index in [9.17, 15) is 14.7 Å². The molecule has 2 rings (SSSR count). The van der Waals surface area contributed by atoms with Crippen LogP contribution in [0.25, 0.3) is 0 Å². The van der Waals surface area contributed by atoms with Crippen LogP contribution in [0.1, 0.15) is 36.7 Å². The summed E-state index contributed by atoms with van der Waals surface area (Å²) in [5.74, 6) is -1.03. The number of aromatic hydroxyl groups is 1. The lowest BCUT2D eigenvalue weighted by atomic mass is 10.0. The molecule has 0 bridgehead atoms. The molecule has 30 heavy (non-hydrogen) atoms. The zero-order chi connectivity index (χ0) is 22.3. The molecule has 0 saturated heterocycles. The van der Waals surface area contributed by atoms with Crippen LogP contribution in [-0.4, -0.2) is 35.8 Å². The van der Waals surface area contributed by atoms with Crippen molar-refractivity contribution in [1.29, 1.82) is 0 Å². The number of phenols is 1. The second-order valence-electron chi connectivity index (χ2n) is 6.72. The van der Waals surface area contributed by atoms with E-state index in [1.807, 2.05) is 0 Å². The maximum Gasteiger partial charge on any atom is 0.262 e. The summed E-state index contributed by atoms with van der Waals surface area (Å²) in [6, 6.07) is 8.67. The largest absolute Gasteiger partial charge is 0.503 e. The van der Waals surface area contributed by atoms with Gasteiger partial charge in [-0.15, -0.1) is 0 Å². The third-order valence-corrected chi connectivity index (χ3v) is 4.58. The molecular weight excluding hydrogens is 429 g/mol. The van der Waals surface area contributed by atoms with E-state index < -0.39 is 17.9 Å². The van der Waals surface area contributed by atoms with Gasteiger partial charge in [-0.2, -0.15) is 5.10 Å². The van der Waals surface area contributed by atoms with Gasteiger partial charge in [0, 0.05) is 10.6 Å². The van der Waals surface area contributed by atoms with Crippen LogP contribution >= 0.6 is 23.2 Å². The molecule has 0 aliphatic carbocycles. The first-order valence-electron chi connectivity index (χ1n) is 9.27. The van der Waals surface area contributed by atoms with Gasteiger partial charge in [0.2, 0.25) is 0 Å². The van der Waals surface area contributed by atoms with Crippen LogP contribution in [0.15, 0.2) is 41.5 Å². The van der Waals surface area contributed by atoms with Crippen LogP contribution in [0.4, 0.5) is 0 Å². The molecule has 1 atom stereocenters. The fourth-order valence-corrected chi connectivity index (χ4v) is 2.97. The number of nitrogens with one attached hydrogen (secondary N) is 2. The molecular formula is C21H23Cl2N3O4. The van der Waals surface area contributed by atoms with Gasteiger partial charge in [0.1, 0.15) is 6.04 Å². The number of carbonyl (C=O) groups excluding carboxylic acids is 2. The normalized spacial score (nSPS) is 12.1. The minimum Gasteiger partial charge on any atom is -0.503 e. The number of carbonyl (C=O) groups is 2. The van der Waals surface area contributed by atoms with Crippen LogP contribution in [0.5, 0.6) is 11.5 Å². The second-order valence-corrected chi connectivity index (χ2v) is 7.57. The molecule has 1 unspecified atom stereocenters. The highest BCUT2D eigenvalue weighted by atomic mass is 35.5. The molecule has 2 aromatic carbocycles. The number of ether oxygens (including phenoxy) is 1. The van der Waals surface area contributed by atoms with E-state index in [1.165, 1.54) is 18.3 Å². The predicted molar refractivity (Wildman–Crippen MR) is 118 cm³/mol. The number of halogens is 2. The Balaban J connectivity index is 2.07. The van der Waals surface area contributed by atoms with E-state index in [0.717, 1.165) is 0 Å². The third-order valence-electron chi connectivity index (χ3n) is 4.06. The molecule has 0 radical (unpaired) electrons. The SMILES string of the molecule is CCOc1cc(C=NNC(=O)C(NC(=O)c2cccc(Cl)c2)C(C)C)cc(Cl)c1O. The van der Waals surface area contributed by atoms with E-state index >= 15 is 0 Å². The average molecular weight is 452 g/mol. The number of nitrogens with zero attached hydrogens (tertiary/aromatic N) is 1. The molecule has 7 nitrogen and oxygen atoms in total. The molecule has 2 aromatic rings. The van der Waals surface area contributed by atoms with Gasteiger partial charge in [0.05, 0.1) is 17.8 Å². The van der Waals surface area contributed by atoms with Gasteiger partial charge in [-0.25, -0.2) is 5.43 Å². The summed E-state index contributed by atoms with van der Waals surface area (Å²) in [4.78, 5) is 25.0. The highest BCUT2D eigenvalue weighted by molar-refractivity contribution is 6.32. The maximum atomic E-state index is 12.5. The third kappa shape index (κ3) is 6.37. The van der Waals surface area contributed by atoms with E-state index in [4.69, 9.17) is 27.9 Å². The molecule has 9 heteroatoms. The van der Waals surface area contributed by atoms with Crippen molar-refractivity contribution >= 4 is 41.2 Å². The van der Waals surface area contributed by atoms with Crippen molar-refractivity contribution in [3.63, 3.8) is 0 Å². The Morgan fingerprint density at radius 1 is 1.23 bits per heavy atom. The maximum absolute atomic E-state index is 12.5. The standard InChI is InChI=1S/C21H23Cl2N3O4/c1-4-30-17-9-13(8-16(23)19(17)27)11-24-26-21(29)18(12(2)3)25-20(28)14-6-5-7-15(22)10-14/h5-12,18,27H,4H2,1-3H3,(H,25,28)(H,26,29). The lowest BCUT2D eigenvalue weighted by Gasteiger charge is -2.20. The number of rotatable bonds is 8. The zero-order valence-electron chi connectivity index (χ0n) is 16.8. The lowest BCUT2D eigenvalue weighted by Crippen LogP contribution is -2.48. The molecule has 0 spiro atoms. The van der Waals surface area contributed by atoms with E-state index in [0.29, 0.717) is 22.8 Å². The molecule has 0 aromatic heterocycles. The van der Waals surface area contributed by atoms with Crippen LogP contribution in [0.3, 0.4) is 0 Å². The minimum absolute atomic E-state index is 0.0996. The van der Waals surface area contributed by atoms with Crippen LogP contribution in [-0.2, 0) is 4.79 Å². The van der Waals surface area contributed by atoms with E-state index in [-0.39, 0.29) is 22.4 Å². The van der Waals surface area contributed by atoms with Gasteiger partial charge in [0.25, 0.3) is 11.8 Å². The fraction of sp³-hybridized carbons (Fsp3) is 0.286. The van der Waals surface area contributed by atoms with Crippen molar-refractivity contribution in [3.05, 3.63) is 57.6 Å². The van der Waals surface area contributed by atoms with Gasteiger partial charge in [0.15, 0.2) is 11.5 Å². The Kier molecular flexibility index (Phi) is 8.50. The molecule has 0 saturated carbocycles. The Labute approximate surface area is 185 Å². The number of hydrazone groups is 1. The quantitative estimate of drug-likeness (QED) is 0.416. The summed E-state index contributed by atoms with van der Waals surface area (Å²) >= 11 is 11.9. The van der Waals surface area contributed by atoms with E-state index in [2.05, 4.69) is 15.8 Å². The van der Waals surface area contributed by atoms with Crippen molar-refractivity contribution in [3.8, 4) is 11.5 Å². The average Bonchev–Trinajstić information content (AvgIpc) is 2.69. The molecule has 2 amide bonds. The predicted octanol–water partition coefficient (Wildman–Crippen LogP) is 4.00. The Bertz CT molecular complexity index is 948. The van der Waals surface area contributed by atoms with Gasteiger partial charge < -0.3 is 15.2 Å². The molecule has 3 N–H and O–H groups in total. The fourth-order valence-electron chi connectivity index (χ4n) is 2.56. The van der Waals surface area contributed by atoms with E-state index in [1.54, 1.807) is 45.0 Å². The summed E-state index contributed by atoms with van der Waals surface area (Å²) in [7, 11) is 0. The highest BCUT2D eigenvalue weighted by Crippen LogP contribution is 2.34. The molecule has 160 valence electrons. The molecule has 0 heterocycles. The van der Waals surface area contributed by atoms with Crippen molar-refractivity contribution in [2.75, 3.05) is 6.61 Å². The summed E-state index contributed by atoms with van der Waals surface area (Å²) in [5.41, 5.74) is 3.28. The lowest BCUT2D eigenvalue weighted by molar-refractivity contribution is -0.123. The number of hydrogen-bond acceptors (Lipinski definition) is 5. The highest BCUT2D eigenvalue weighted by Gasteiger charge is 2.24. The first-order valence-corrected chi connectivity index (χ1v) is 10.0. The Morgan fingerprint density at radius 2 is 1.97 bits per heavy atom. The van der Waals surface area contributed by atoms with Gasteiger partial charge in [-0.3, -0.25) is 9.59 Å². The second kappa shape index (κ2) is 10.8. The van der Waals surface area contributed by atoms with Crippen molar-refractivity contribution < 1.29 is 19.4 Å². The summed E-state index contributed by atoms with van der Waals surface area (Å²) in [6.07, 6.45) is 1.36. The topological polar surface area (TPSA) is 100 Å². The van der Waals surface area contributed by atoms with Gasteiger partial charge in [-0.1, -0.05) is 43.1 Å². The molecule has 0 fully saturated rings. The van der Waals surface area contributed by atoms with Crippen LogP contribution in [0, 0.1) is 5.92 Å². The first-order chi connectivity index (χ1) is 14.2. The number of phenolic OH excluding ortho intramolecular Hbond substituents is 1. The van der Waals surface area contributed by atoms with Crippen molar-refractivity contribution in [1.82, 2.24) is 10.7 Å². The van der Waals surface area contributed by atoms with Crippen LogP contribution in [0.2, 0.25) is 10.0 Å². The zero-order valence-corrected chi connectivity index (χ0v) is 18.3. The first kappa shape index (κ1) is 23.5. The summed E-state index contributed by atoms with van der Waals surface area (Å²) in [5, 5.41) is 17.0. The van der Waals surface area contributed by atoms with Gasteiger partial charge in [-0.05, 0) is 48.7 Å². The minimum atomic E-state index is -0.809. The van der Waals surface area contributed by atoms with Crippen LogP contribution < -0.4 is 15.5 Å². The number of benzene rings is 2. The van der Waals surface area contributed by atoms with Crippen molar-refractivity contribution in [2.45, 2.75) is 26.8 Å². The summed E-state index contributed by atoms with van der Waals surface area (Å²) < 4.78 is 5.31. The number of amides is 2. The Hall–Kier alpha value is -2.77. The Morgan fingerprint density at radius 3 is 2.60 bits per heavy atom. The monoisotopic (exact) mass is 451 g/mol. The molecule has 0 aliphatic heterocycles. The number of hydrogen-bond donors (Lipinski definition) is 3. The van der Waals surface area contributed by atoms with Gasteiger partial charge >= 0.3 is 0 Å². The molecule has 0 aliphatic rings.